The number of halogens is 1. The molecule has 0 saturated heterocycles. The quantitative estimate of drug-likeness (QED) is 0.836. The van der Waals surface area contributed by atoms with E-state index in [1.807, 2.05) is 12.3 Å². The largest absolute Gasteiger partial charge is 0.338 e. The van der Waals surface area contributed by atoms with Crippen LogP contribution in [0.5, 0.6) is 0 Å². The number of carbonyl (C=O) groups is 2. The number of thiophene rings is 1. The third kappa shape index (κ3) is 2.59. The van der Waals surface area contributed by atoms with Crippen molar-refractivity contribution >= 4 is 34.6 Å². The maximum atomic E-state index is 12.3. The normalized spacial score (nSPS) is 16.9. The summed E-state index contributed by atoms with van der Waals surface area (Å²) in [6.07, 6.45) is 2.70. The average Bonchev–Trinajstić information content (AvgIpc) is 2.69. The van der Waals surface area contributed by atoms with Gasteiger partial charge in [0, 0.05) is 25.9 Å². The van der Waals surface area contributed by atoms with Crippen molar-refractivity contribution in [3.63, 3.8) is 0 Å². The fourth-order valence-corrected chi connectivity index (χ4v) is 3.47. The standard InChI is InChI=1S/C13H16ClNO2S/c1-8-7-18-12(11(8)14)13(17)15(2)9-3-5-10(16)6-4-9/h7,9H,3-6H2,1-2H3. The van der Waals surface area contributed by atoms with Gasteiger partial charge in [-0.25, -0.2) is 0 Å². The first-order chi connectivity index (χ1) is 8.50. The van der Waals surface area contributed by atoms with Gasteiger partial charge in [0.1, 0.15) is 10.7 Å². The number of aryl methyl sites for hydroxylation is 1. The molecule has 1 aromatic rings. The molecule has 1 aliphatic carbocycles. The molecular formula is C13H16ClNO2S. The Morgan fingerprint density at radius 1 is 1.44 bits per heavy atom. The lowest BCUT2D eigenvalue weighted by Gasteiger charge is -2.30. The zero-order valence-electron chi connectivity index (χ0n) is 10.5. The highest BCUT2D eigenvalue weighted by Crippen LogP contribution is 2.30. The number of hydrogen-bond donors (Lipinski definition) is 0. The van der Waals surface area contributed by atoms with Gasteiger partial charge in [0.15, 0.2) is 0 Å². The second-order valence-electron chi connectivity index (χ2n) is 4.75. The molecule has 1 saturated carbocycles. The van der Waals surface area contributed by atoms with Crippen LogP contribution < -0.4 is 0 Å². The van der Waals surface area contributed by atoms with Crippen molar-refractivity contribution in [3.8, 4) is 0 Å². The molecule has 1 aromatic heterocycles. The van der Waals surface area contributed by atoms with Gasteiger partial charge in [-0.2, -0.15) is 0 Å². The Morgan fingerprint density at radius 2 is 2.06 bits per heavy atom. The van der Waals surface area contributed by atoms with Crippen LogP contribution in [0, 0.1) is 6.92 Å². The van der Waals surface area contributed by atoms with E-state index in [0.717, 1.165) is 18.4 Å². The maximum absolute atomic E-state index is 12.3. The molecule has 0 aromatic carbocycles. The van der Waals surface area contributed by atoms with Crippen LogP contribution in [0.4, 0.5) is 0 Å². The van der Waals surface area contributed by atoms with Crippen molar-refractivity contribution in [1.29, 1.82) is 0 Å². The molecule has 1 heterocycles. The fraction of sp³-hybridized carbons (Fsp3) is 0.538. The van der Waals surface area contributed by atoms with Crippen molar-refractivity contribution in [2.45, 2.75) is 38.6 Å². The van der Waals surface area contributed by atoms with Crippen LogP contribution in [0.3, 0.4) is 0 Å². The second kappa shape index (κ2) is 5.41. The van der Waals surface area contributed by atoms with Gasteiger partial charge in [0.25, 0.3) is 5.91 Å². The summed E-state index contributed by atoms with van der Waals surface area (Å²) in [4.78, 5) is 25.9. The van der Waals surface area contributed by atoms with Crippen LogP contribution in [0.25, 0.3) is 0 Å². The first kappa shape index (κ1) is 13.6. The highest BCUT2D eigenvalue weighted by molar-refractivity contribution is 7.13. The highest BCUT2D eigenvalue weighted by Gasteiger charge is 2.27. The minimum Gasteiger partial charge on any atom is -0.338 e. The van der Waals surface area contributed by atoms with Crippen LogP contribution in [-0.4, -0.2) is 29.7 Å². The van der Waals surface area contributed by atoms with Gasteiger partial charge in [-0.1, -0.05) is 11.6 Å². The number of rotatable bonds is 2. The SMILES string of the molecule is Cc1csc(C(=O)N(C)C2CCC(=O)CC2)c1Cl. The molecule has 0 unspecified atom stereocenters. The number of hydrogen-bond acceptors (Lipinski definition) is 3. The van der Waals surface area contributed by atoms with E-state index in [2.05, 4.69) is 0 Å². The Balaban J connectivity index is 2.09. The van der Waals surface area contributed by atoms with Gasteiger partial charge in [-0.15, -0.1) is 11.3 Å². The fourth-order valence-electron chi connectivity index (χ4n) is 2.21. The molecule has 3 nitrogen and oxygen atoms in total. The van der Waals surface area contributed by atoms with Crippen molar-refractivity contribution in [3.05, 3.63) is 20.8 Å². The Kier molecular flexibility index (Phi) is 4.07. The molecule has 0 N–H and O–H groups in total. The second-order valence-corrected chi connectivity index (χ2v) is 6.01. The monoisotopic (exact) mass is 285 g/mol. The van der Waals surface area contributed by atoms with Crippen LogP contribution >= 0.6 is 22.9 Å². The van der Waals surface area contributed by atoms with E-state index >= 15 is 0 Å². The Morgan fingerprint density at radius 3 is 2.56 bits per heavy atom. The van der Waals surface area contributed by atoms with Crippen molar-refractivity contribution in [1.82, 2.24) is 4.90 Å². The Hall–Kier alpha value is -0.870. The van der Waals surface area contributed by atoms with Gasteiger partial charge in [0.05, 0.1) is 5.02 Å². The van der Waals surface area contributed by atoms with E-state index in [1.165, 1.54) is 11.3 Å². The molecule has 0 spiro atoms. The minimum absolute atomic E-state index is 0.0301. The van der Waals surface area contributed by atoms with Crippen molar-refractivity contribution < 1.29 is 9.59 Å². The predicted molar refractivity (Wildman–Crippen MR) is 73.4 cm³/mol. The molecule has 18 heavy (non-hydrogen) atoms. The summed E-state index contributed by atoms with van der Waals surface area (Å²) in [5.41, 5.74) is 0.942. The van der Waals surface area contributed by atoms with Crippen LogP contribution in [0.2, 0.25) is 5.02 Å². The molecule has 1 aliphatic rings. The molecule has 1 amide bonds. The van der Waals surface area contributed by atoms with Crippen molar-refractivity contribution in [2.75, 3.05) is 7.05 Å². The summed E-state index contributed by atoms with van der Waals surface area (Å²) in [6.45, 7) is 1.90. The van der Waals surface area contributed by atoms with Gasteiger partial charge >= 0.3 is 0 Å². The molecule has 0 bridgehead atoms. The topological polar surface area (TPSA) is 37.4 Å². The van der Waals surface area contributed by atoms with E-state index in [-0.39, 0.29) is 11.9 Å². The molecule has 98 valence electrons. The van der Waals surface area contributed by atoms with E-state index < -0.39 is 0 Å². The summed E-state index contributed by atoms with van der Waals surface area (Å²) in [6, 6.07) is 0.161. The van der Waals surface area contributed by atoms with E-state index in [9.17, 15) is 9.59 Å². The third-order valence-corrected chi connectivity index (χ3v) is 5.16. The molecule has 2 rings (SSSR count). The van der Waals surface area contributed by atoms with Gasteiger partial charge in [-0.3, -0.25) is 9.59 Å². The minimum atomic E-state index is -0.0301. The van der Waals surface area contributed by atoms with E-state index in [4.69, 9.17) is 11.6 Å². The summed E-state index contributed by atoms with van der Waals surface area (Å²) >= 11 is 7.51. The average molecular weight is 286 g/mol. The zero-order valence-corrected chi connectivity index (χ0v) is 12.1. The summed E-state index contributed by atoms with van der Waals surface area (Å²) in [5, 5.41) is 2.46. The maximum Gasteiger partial charge on any atom is 0.265 e. The predicted octanol–water partition coefficient (Wildman–Crippen LogP) is 3.29. The van der Waals surface area contributed by atoms with Gasteiger partial charge in [-0.05, 0) is 30.7 Å². The summed E-state index contributed by atoms with van der Waals surface area (Å²) in [5.74, 6) is 0.273. The number of Topliss-reactive ketones (excluding diaryl/α,β-unsaturated/α-hetero) is 1. The van der Waals surface area contributed by atoms with E-state index in [0.29, 0.717) is 28.5 Å². The molecule has 1 fully saturated rings. The third-order valence-electron chi connectivity index (χ3n) is 3.47. The molecule has 0 aliphatic heterocycles. The smallest absolute Gasteiger partial charge is 0.265 e. The molecular weight excluding hydrogens is 270 g/mol. The van der Waals surface area contributed by atoms with E-state index in [1.54, 1.807) is 11.9 Å². The zero-order chi connectivity index (χ0) is 13.3. The highest BCUT2D eigenvalue weighted by atomic mass is 35.5. The van der Waals surface area contributed by atoms with Gasteiger partial charge in [0.2, 0.25) is 0 Å². The van der Waals surface area contributed by atoms with Crippen LogP contribution in [0.15, 0.2) is 5.38 Å². The summed E-state index contributed by atoms with van der Waals surface area (Å²) in [7, 11) is 1.80. The molecule has 0 atom stereocenters. The molecule has 0 radical (unpaired) electrons. The number of amides is 1. The number of nitrogens with zero attached hydrogens (tertiary/aromatic N) is 1. The number of carbonyl (C=O) groups excluding carboxylic acids is 2. The lowest BCUT2D eigenvalue weighted by molar-refractivity contribution is -0.121. The first-order valence-electron chi connectivity index (χ1n) is 6.03. The Bertz CT molecular complexity index is 473. The number of ketones is 1. The van der Waals surface area contributed by atoms with Crippen LogP contribution in [-0.2, 0) is 4.79 Å². The van der Waals surface area contributed by atoms with Gasteiger partial charge < -0.3 is 4.90 Å². The molecule has 5 heteroatoms. The Labute approximate surface area is 116 Å². The lowest BCUT2D eigenvalue weighted by Crippen LogP contribution is -2.39. The lowest BCUT2D eigenvalue weighted by atomic mass is 9.93. The van der Waals surface area contributed by atoms with Crippen molar-refractivity contribution in [2.24, 2.45) is 0 Å². The summed E-state index contributed by atoms with van der Waals surface area (Å²) < 4.78 is 0. The first-order valence-corrected chi connectivity index (χ1v) is 7.29. The van der Waals surface area contributed by atoms with Crippen LogP contribution in [0.1, 0.15) is 40.9 Å².